The Kier molecular flexibility index (Phi) is 5.20. The Balaban J connectivity index is 1.85. The number of halogens is 1. The van der Waals surface area contributed by atoms with E-state index in [1.165, 1.54) is 11.3 Å². The lowest BCUT2D eigenvalue weighted by Crippen LogP contribution is -2.30. The summed E-state index contributed by atoms with van der Waals surface area (Å²) >= 11 is 7.25. The van der Waals surface area contributed by atoms with Crippen molar-refractivity contribution in [2.24, 2.45) is 0 Å². The van der Waals surface area contributed by atoms with Crippen LogP contribution in [0.4, 0.5) is 0 Å². The number of benzene rings is 3. The van der Waals surface area contributed by atoms with E-state index in [0.717, 1.165) is 16.6 Å². The third-order valence-corrected chi connectivity index (χ3v) is 6.30. The van der Waals surface area contributed by atoms with Crippen LogP contribution in [0.2, 0.25) is 5.02 Å². The van der Waals surface area contributed by atoms with Crippen LogP contribution in [-0.4, -0.2) is 14.5 Å². The quantitative estimate of drug-likeness (QED) is 0.448. The van der Waals surface area contributed by atoms with Crippen LogP contribution in [0.5, 0.6) is 0 Å². The van der Waals surface area contributed by atoms with Gasteiger partial charge in [0.25, 0.3) is 5.56 Å². The molecule has 1 N–H and O–H groups in total. The van der Waals surface area contributed by atoms with E-state index in [2.05, 4.69) is 16.0 Å². The second kappa shape index (κ2) is 8.31. The Bertz CT molecular complexity index is 1620. The molecule has 3 aromatic carbocycles. The molecule has 2 heterocycles. The number of fused-ring (bicyclic) bond motifs is 1. The van der Waals surface area contributed by atoms with Crippen LogP contribution in [0.1, 0.15) is 11.4 Å². The van der Waals surface area contributed by atoms with E-state index in [9.17, 15) is 10.1 Å². The van der Waals surface area contributed by atoms with Gasteiger partial charge in [0.15, 0.2) is 5.82 Å². The summed E-state index contributed by atoms with van der Waals surface area (Å²) in [6.45, 7) is 0. The number of aromatic amines is 1. The molecule has 32 heavy (non-hydrogen) atoms. The van der Waals surface area contributed by atoms with Gasteiger partial charge in [-0.1, -0.05) is 54.1 Å². The summed E-state index contributed by atoms with van der Waals surface area (Å²) in [6, 6.07) is 26.4. The maximum atomic E-state index is 13.4. The molecule has 0 saturated heterocycles. The average molecular weight is 455 g/mol. The molecule has 2 aromatic heterocycles. The Morgan fingerprint density at radius 3 is 2.47 bits per heavy atom. The minimum Gasteiger partial charge on any atom is -0.337 e. The minimum absolute atomic E-state index is 0.199. The number of para-hydroxylation sites is 3. The molecule has 0 aliphatic carbocycles. The van der Waals surface area contributed by atoms with Crippen molar-refractivity contribution in [2.45, 2.75) is 0 Å². The van der Waals surface area contributed by atoms with Gasteiger partial charge in [-0.05, 0) is 48.0 Å². The summed E-state index contributed by atoms with van der Waals surface area (Å²) in [4.78, 5) is 21.2. The van der Waals surface area contributed by atoms with Gasteiger partial charge in [0.1, 0.15) is 16.3 Å². The zero-order valence-electron chi connectivity index (χ0n) is 16.6. The standard InChI is InChI=1S/C25H15ClN4OS/c26-17-12-10-16(11-13-17)14-22-24(31)30(18-6-2-1-3-7-18)25(32-22)19(15-27)23-28-20-8-4-5-9-21(20)29-23/h1-14H,(H,28,29)/b22-14-,25-19+. The van der Waals surface area contributed by atoms with Crippen LogP contribution < -0.4 is 14.8 Å². The molecular weight excluding hydrogens is 440 g/mol. The number of nitrogens with one attached hydrogen (secondary N) is 1. The van der Waals surface area contributed by atoms with Crippen molar-refractivity contribution in [1.82, 2.24) is 14.5 Å². The first-order valence-corrected chi connectivity index (χ1v) is 11.0. The Morgan fingerprint density at radius 1 is 1.03 bits per heavy atom. The zero-order chi connectivity index (χ0) is 22.1. The Hall–Kier alpha value is -3.92. The number of aromatic nitrogens is 3. The van der Waals surface area contributed by atoms with Gasteiger partial charge < -0.3 is 4.98 Å². The summed E-state index contributed by atoms with van der Waals surface area (Å²) in [5.74, 6) is 0.428. The second-order valence-electron chi connectivity index (χ2n) is 7.03. The van der Waals surface area contributed by atoms with Crippen LogP contribution in [0.3, 0.4) is 0 Å². The van der Waals surface area contributed by atoms with Crippen molar-refractivity contribution in [3.8, 4) is 11.8 Å². The first-order valence-electron chi connectivity index (χ1n) is 9.78. The van der Waals surface area contributed by atoms with Crippen molar-refractivity contribution in [3.63, 3.8) is 0 Å². The van der Waals surface area contributed by atoms with Crippen molar-refractivity contribution < 1.29 is 0 Å². The molecule has 5 rings (SSSR count). The molecule has 154 valence electrons. The van der Waals surface area contributed by atoms with E-state index in [0.29, 0.717) is 31.3 Å². The molecule has 0 fully saturated rings. The lowest BCUT2D eigenvalue weighted by molar-refractivity contribution is 0.984. The summed E-state index contributed by atoms with van der Waals surface area (Å²) in [6.07, 6.45) is 1.81. The topological polar surface area (TPSA) is 74.5 Å². The van der Waals surface area contributed by atoms with Crippen LogP contribution in [0.15, 0.2) is 83.7 Å². The van der Waals surface area contributed by atoms with Gasteiger partial charge in [-0.2, -0.15) is 5.26 Å². The maximum Gasteiger partial charge on any atom is 0.273 e. The van der Waals surface area contributed by atoms with Gasteiger partial charge in [-0.3, -0.25) is 9.36 Å². The van der Waals surface area contributed by atoms with E-state index >= 15 is 0 Å². The number of imidazole rings is 1. The molecule has 5 nitrogen and oxygen atoms in total. The third kappa shape index (κ3) is 3.65. The SMILES string of the molecule is N#C/C(c1nc2ccccc2[nH]1)=c1\s/c(=C\c2ccc(Cl)cc2)c(=O)n1-c1ccccc1. The van der Waals surface area contributed by atoms with Crippen LogP contribution in [0.25, 0.3) is 28.4 Å². The van der Waals surface area contributed by atoms with Crippen LogP contribution in [0, 0.1) is 11.3 Å². The Morgan fingerprint density at radius 2 is 1.75 bits per heavy atom. The van der Waals surface area contributed by atoms with Gasteiger partial charge in [-0.25, -0.2) is 4.98 Å². The summed E-state index contributed by atoms with van der Waals surface area (Å²) < 4.78 is 2.59. The van der Waals surface area contributed by atoms with Crippen molar-refractivity contribution in [1.29, 1.82) is 5.26 Å². The van der Waals surface area contributed by atoms with E-state index in [1.54, 1.807) is 22.8 Å². The first kappa shape index (κ1) is 20.0. The van der Waals surface area contributed by atoms with Gasteiger partial charge >= 0.3 is 0 Å². The fourth-order valence-electron chi connectivity index (χ4n) is 3.45. The monoisotopic (exact) mass is 454 g/mol. The maximum absolute atomic E-state index is 13.4. The highest BCUT2D eigenvalue weighted by atomic mass is 35.5. The lowest BCUT2D eigenvalue weighted by atomic mass is 10.2. The molecule has 0 amide bonds. The van der Waals surface area contributed by atoms with E-state index in [-0.39, 0.29) is 5.56 Å². The molecule has 7 heteroatoms. The summed E-state index contributed by atoms with van der Waals surface area (Å²) in [5.41, 5.74) is 3.23. The molecular formula is C25H15ClN4OS. The van der Waals surface area contributed by atoms with Gasteiger partial charge in [0, 0.05) is 5.02 Å². The Labute approximate surface area is 191 Å². The lowest BCUT2D eigenvalue weighted by Gasteiger charge is -2.02. The first-order chi connectivity index (χ1) is 15.6. The van der Waals surface area contributed by atoms with Crippen LogP contribution in [-0.2, 0) is 0 Å². The normalized spacial score (nSPS) is 12.7. The molecule has 0 aliphatic heterocycles. The van der Waals surface area contributed by atoms with E-state index in [1.807, 2.05) is 66.7 Å². The number of thiazole rings is 1. The number of hydrogen-bond acceptors (Lipinski definition) is 4. The van der Waals surface area contributed by atoms with Crippen molar-refractivity contribution in [2.75, 3.05) is 0 Å². The predicted octanol–water partition coefficient (Wildman–Crippen LogP) is 3.98. The molecule has 0 spiro atoms. The number of H-pyrrole nitrogens is 1. The largest absolute Gasteiger partial charge is 0.337 e. The second-order valence-corrected chi connectivity index (χ2v) is 8.50. The molecule has 0 bridgehead atoms. The minimum atomic E-state index is -0.199. The average Bonchev–Trinajstić information content (AvgIpc) is 3.38. The summed E-state index contributed by atoms with van der Waals surface area (Å²) in [7, 11) is 0. The smallest absolute Gasteiger partial charge is 0.273 e. The number of nitriles is 1. The van der Waals surface area contributed by atoms with Crippen molar-refractivity contribution >= 4 is 45.6 Å². The number of nitrogens with zero attached hydrogens (tertiary/aromatic N) is 3. The molecule has 0 unspecified atom stereocenters. The molecule has 0 aliphatic rings. The highest BCUT2D eigenvalue weighted by molar-refractivity contribution is 7.07. The molecule has 0 radical (unpaired) electrons. The molecule has 0 atom stereocenters. The van der Waals surface area contributed by atoms with E-state index < -0.39 is 0 Å². The van der Waals surface area contributed by atoms with Crippen molar-refractivity contribution in [3.05, 3.63) is 115 Å². The third-order valence-electron chi connectivity index (χ3n) is 4.96. The molecule has 5 aromatic rings. The fraction of sp³-hybridized carbons (Fsp3) is 0. The van der Waals surface area contributed by atoms with Crippen LogP contribution >= 0.6 is 22.9 Å². The molecule has 0 saturated carbocycles. The number of hydrogen-bond donors (Lipinski definition) is 1. The number of rotatable bonds is 3. The summed E-state index contributed by atoms with van der Waals surface area (Å²) in [5, 5.41) is 10.7. The predicted molar refractivity (Wildman–Crippen MR) is 128 cm³/mol. The van der Waals surface area contributed by atoms with Gasteiger partial charge in [-0.15, -0.1) is 11.3 Å². The van der Waals surface area contributed by atoms with E-state index in [4.69, 9.17) is 11.6 Å². The van der Waals surface area contributed by atoms with Gasteiger partial charge in [0.05, 0.1) is 21.3 Å². The zero-order valence-corrected chi connectivity index (χ0v) is 18.2. The van der Waals surface area contributed by atoms with Gasteiger partial charge in [0.2, 0.25) is 0 Å². The fourth-order valence-corrected chi connectivity index (χ4v) is 4.68. The highest BCUT2D eigenvalue weighted by Crippen LogP contribution is 2.15. The highest BCUT2D eigenvalue weighted by Gasteiger charge is 2.15.